The Kier molecular flexibility index (Phi) is 19.6. The van der Waals surface area contributed by atoms with Gasteiger partial charge in [0.15, 0.2) is 18.4 Å². The van der Waals surface area contributed by atoms with Crippen molar-refractivity contribution in [2.75, 3.05) is 34.3 Å². The minimum Gasteiger partial charge on any atom is -0.459 e. The van der Waals surface area contributed by atoms with Gasteiger partial charge in [0, 0.05) is 69.3 Å². The van der Waals surface area contributed by atoms with Crippen molar-refractivity contribution < 1.29 is 63.5 Å². The molecule has 18 heteroatoms. The molecule has 4 heterocycles. The van der Waals surface area contributed by atoms with Crippen LogP contribution in [0.3, 0.4) is 0 Å². The van der Waals surface area contributed by atoms with Crippen LogP contribution in [0.5, 0.6) is 0 Å². The number of carbonyl (C=O) groups excluding carboxylic acids is 2. The Hall–Kier alpha value is -2.98. The van der Waals surface area contributed by atoms with E-state index < -0.39 is 102 Å². The number of hydrogen-bond donors (Lipinski definition) is 5. The first-order valence-electron chi connectivity index (χ1n) is 25.0. The van der Waals surface area contributed by atoms with Crippen LogP contribution < -0.4 is 0 Å². The molecule has 0 bridgehead atoms. The monoisotopic (exact) mass is 976 g/mol. The summed E-state index contributed by atoms with van der Waals surface area (Å²) >= 11 is 0. The average Bonchev–Trinajstić information content (AvgIpc) is 3.76. The minimum atomic E-state index is -1.83. The van der Waals surface area contributed by atoms with Crippen molar-refractivity contribution in [3.8, 4) is 0 Å². The molecule has 3 saturated heterocycles. The summed E-state index contributed by atoms with van der Waals surface area (Å²) in [6.45, 7) is 20.7. The number of ether oxygens (including phenoxy) is 6. The van der Waals surface area contributed by atoms with Crippen molar-refractivity contribution in [3.63, 3.8) is 0 Å². The second kappa shape index (κ2) is 23.7. The maximum absolute atomic E-state index is 14.5. The zero-order chi connectivity index (χ0) is 51.3. The molecule has 69 heavy (non-hydrogen) atoms. The summed E-state index contributed by atoms with van der Waals surface area (Å²) in [5.41, 5.74) is -1.96. The number of aromatic nitrogens is 3. The quantitative estimate of drug-likeness (QED) is 0.135. The summed E-state index contributed by atoms with van der Waals surface area (Å²) in [5.74, 6) is -2.74. The molecule has 3 aliphatic heterocycles. The molecular weight excluding hydrogens is 891 g/mol. The molecule has 1 aromatic carbocycles. The van der Waals surface area contributed by atoms with Gasteiger partial charge >= 0.3 is 5.97 Å². The molecule has 18 nitrogen and oxygen atoms in total. The van der Waals surface area contributed by atoms with Gasteiger partial charge in [-0.05, 0) is 107 Å². The van der Waals surface area contributed by atoms with Gasteiger partial charge in [-0.3, -0.25) is 14.3 Å². The van der Waals surface area contributed by atoms with E-state index in [4.69, 9.17) is 28.4 Å². The first kappa shape index (κ1) is 56.9. The number of aryl methyl sites for hydroxylation is 2. The standard InChI is InChI=1S/C51H85N5O13/c1-15-40-51(11,63)44(59)33(6)55(13)27-29(2)25-49(9,62)46(31(4)43(32(5)47(61)67-40)68-41-26-50(10,64-14)45(60)35(8)66-41)69-48-42(58)39(24-30(3)65-48)54(12)22-21-38-28-56(53-52-38)23-20-36-16-18-37(19-17-36)34(7)57/h16-19,28-33,35,39-46,48,58-60,62-63H,15,20-27H2,1-14H3/t29-,30-,31+,32-,33-,35+,39+,40-,41+,42-,43+,44-,45+,46-,48+,49-,50-,51-/m1/s1. The lowest BCUT2D eigenvalue weighted by Crippen LogP contribution is -2.61. The van der Waals surface area contributed by atoms with Gasteiger partial charge in [-0.2, -0.15) is 0 Å². The molecule has 0 amide bonds. The molecule has 0 aliphatic carbocycles. The SMILES string of the molecule is CC[C@H]1OC(=O)[C@H](C)[C@@H](O[C@H]2C[C@@](C)(OC)[C@@H](O)[C@H](C)O2)[C@H](C)[C@@H](O[C@@H]2O[C@H](C)C[C@H](N(C)CCc3cn(CCc4ccc(C(C)=O)cc4)nn3)[C@H]2O)[C@](C)(O)C[C@@H](C)CN(C)[C@H](C)[C@@H](O)[C@]1(C)O. The van der Waals surface area contributed by atoms with Crippen molar-refractivity contribution in [1.29, 1.82) is 0 Å². The normalized spacial score (nSPS) is 40.2. The van der Waals surface area contributed by atoms with Gasteiger partial charge in [0.2, 0.25) is 0 Å². The Morgan fingerprint density at radius 1 is 0.957 bits per heavy atom. The summed E-state index contributed by atoms with van der Waals surface area (Å²) in [4.78, 5) is 30.1. The molecule has 392 valence electrons. The fourth-order valence-electron chi connectivity index (χ4n) is 10.8. The molecule has 18 atom stereocenters. The third kappa shape index (κ3) is 13.8. The first-order chi connectivity index (χ1) is 32.2. The van der Waals surface area contributed by atoms with Gasteiger partial charge in [0.1, 0.15) is 30.0 Å². The number of rotatable bonds is 14. The number of Topliss-reactive ketones (excluding diaryl/α,β-unsaturated/α-hetero) is 1. The Morgan fingerprint density at radius 3 is 2.25 bits per heavy atom. The highest BCUT2D eigenvalue weighted by Gasteiger charge is 2.53. The molecule has 3 fully saturated rings. The highest BCUT2D eigenvalue weighted by atomic mass is 16.7. The van der Waals surface area contributed by atoms with Crippen LogP contribution in [0.4, 0.5) is 0 Å². The molecular formula is C51H85N5O13. The maximum atomic E-state index is 14.5. The Morgan fingerprint density at radius 2 is 1.62 bits per heavy atom. The van der Waals surface area contributed by atoms with E-state index in [0.29, 0.717) is 38.0 Å². The van der Waals surface area contributed by atoms with Crippen LogP contribution in [-0.4, -0.2) is 187 Å². The van der Waals surface area contributed by atoms with E-state index in [2.05, 4.69) is 15.2 Å². The van der Waals surface area contributed by atoms with Crippen LogP contribution in [0.1, 0.15) is 123 Å². The van der Waals surface area contributed by atoms with Gasteiger partial charge < -0.3 is 63.8 Å². The summed E-state index contributed by atoms with van der Waals surface area (Å²) in [5, 5.41) is 68.3. The minimum absolute atomic E-state index is 0.0280. The number of methoxy groups -OCH3 is 1. The van der Waals surface area contributed by atoms with Gasteiger partial charge in [-0.1, -0.05) is 50.3 Å². The Labute approximate surface area is 409 Å². The van der Waals surface area contributed by atoms with E-state index in [-0.39, 0.29) is 37.1 Å². The van der Waals surface area contributed by atoms with Crippen LogP contribution in [0.2, 0.25) is 0 Å². The number of benzene rings is 1. The van der Waals surface area contributed by atoms with Crippen molar-refractivity contribution in [3.05, 3.63) is 47.3 Å². The van der Waals surface area contributed by atoms with Crippen LogP contribution >= 0.6 is 0 Å². The molecule has 2 aromatic rings. The van der Waals surface area contributed by atoms with Gasteiger partial charge in [-0.25, -0.2) is 0 Å². The van der Waals surface area contributed by atoms with Crippen molar-refractivity contribution in [2.24, 2.45) is 17.8 Å². The van der Waals surface area contributed by atoms with Crippen LogP contribution in [0, 0.1) is 17.8 Å². The molecule has 0 saturated carbocycles. The molecule has 5 N–H and O–H groups in total. The number of aliphatic hydroxyl groups is 5. The van der Waals surface area contributed by atoms with Crippen molar-refractivity contribution >= 4 is 11.8 Å². The second-order valence-electron chi connectivity index (χ2n) is 21.4. The van der Waals surface area contributed by atoms with Crippen LogP contribution in [0.25, 0.3) is 0 Å². The lowest BCUT2D eigenvalue weighted by atomic mass is 9.77. The highest BCUT2D eigenvalue weighted by Crippen LogP contribution is 2.40. The predicted octanol–water partition coefficient (Wildman–Crippen LogP) is 3.55. The number of likely N-dealkylation sites (N-methyl/N-ethyl adjacent to an activating group) is 2. The number of hydrogen-bond acceptors (Lipinski definition) is 17. The van der Waals surface area contributed by atoms with Crippen molar-refractivity contribution in [1.82, 2.24) is 24.8 Å². The summed E-state index contributed by atoms with van der Waals surface area (Å²) in [6.07, 6.45) is -5.80. The zero-order valence-corrected chi connectivity index (χ0v) is 43.6. The second-order valence-corrected chi connectivity index (χ2v) is 21.4. The van der Waals surface area contributed by atoms with E-state index in [9.17, 15) is 35.1 Å². The van der Waals surface area contributed by atoms with Gasteiger partial charge in [-0.15, -0.1) is 5.10 Å². The zero-order valence-electron chi connectivity index (χ0n) is 43.6. The fraction of sp³-hybridized carbons (Fsp3) is 0.804. The van der Waals surface area contributed by atoms with Crippen molar-refractivity contribution in [2.45, 2.75) is 212 Å². The molecule has 0 spiro atoms. The predicted molar refractivity (Wildman–Crippen MR) is 257 cm³/mol. The van der Waals surface area contributed by atoms with E-state index in [1.54, 1.807) is 53.1 Å². The fourth-order valence-corrected chi connectivity index (χ4v) is 10.8. The summed E-state index contributed by atoms with van der Waals surface area (Å²) in [6, 6.07) is 6.59. The van der Waals surface area contributed by atoms with E-state index in [1.807, 2.05) is 70.2 Å². The number of esters is 1. The number of aliphatic hydroxyl groups excluding tert-OH is 3. The summed E-state index contributed by atoms with van der Waals surface area (Å²) < 4.78 is 40.1. The maximum Gasteiger partial charge on any atom is 0.311 e. The smallest absolute Gasteiger partial charge is 0.311 e. The van der Waals surface area contributed by atoms with Crippen LogP contribution in [0.15, 0.2) is 30.5 Å². The summed E-state index contributed by atoms with van der Waals surface area (Å²) in [7, 11) is 5.28. The lowest BCUT2D eigenvalue weighted by molar-refractivity contribution is -0.318. The molecule has 3 aliphatic rings. The number of nitrogens with zero attached hydrogens (tertiary/aromatic N) is 5. The third-order valence-corrected chi connectivity index (χ3v) is 15.4. The third-order valence-electron chi connectivity index (χ3n) is 15.4. The Balaban J connectivity index is 1.42. The van der Waals surface area contributed by atoms with E-state index in [0.717, 1.165) is 17.7 Å². The van der Waals surface area contributed by atoms with E-state index >= 15 is 0 Å². The van der Waals surface area contributed by atoms with Gasteiger partial charge in [0.05, 0.1) is 47.2 Å². The molecule has 0 unspecified atom stereocenters. The highest BCUT2D eigenvalue weighted by molar-refractivity contribution is 5.94. The molecule has 0 radical (unpaired) electrons. The number of carbonyl (C=O) groups is 2. The lowest BCUT2D eigenvalue weighted by Gasteiger charge is -2.49. The largest absolute Gasteiger partial charge is 0.459 e. The first-order valence-corrected chi connectivity index (χ1v) is 25.0. The number of cyclic esters (lactones) is 1. The Bertz CT molecular complexity index is 1950. The average molecular weight is 976 g/mol. The topological polar surface area (TPSA) is 228 Å². The van der Waals surface area contributed by atoms with E-state index in [1.165, 1.54) is 14.0 Å². The van der Waals surface area contributed by atoms with Gasteiger partial charge in [0.25, 0.3) is 0 Å². The number of ketones is 1. The molecule has 1 aromatic heterocycles. The molecule has 5 rings (SSSR count). The van der Waals surface area contributed by atoms with Crippen LogP contribution in [-0.2, 0) is 52.6 Å².